The average Bonchev–Trinajstić information content (AvgIpc) is 2.46. The normalized spacial score (nSPS) is 14.5. The van der Waals surface area contributed by atoms with Crippen LogP contribution in [-0.2, 0) is 14.8 Å². The highest BCUT2D eigenvalue weighted by molar-refractivity contribution is 7.89. The molecule has 0 amide bonds. The van der Waals surface area contributed by atoms with E-state index in [9.17, 15) is 26.4 Å². The molecule has 0 radical (unpaired) electrons. The Hall–Kier alpha value is -1.81. The van der Waals surface area contributed by atoms with Crippen molar-refractivity contribution in [3.63, 3.8) is 0 Å². The minimum atomic E-state index is -3.89. The average molecular weight is 341 g/mol. The van der Waals surface area contributed by atoms with E-state index < -0.39 is 39.6 Å². The van der Waals surface area contributed by atoms with Crippen LogP contribution in [0.1, 0.15) is 17.3 Å². The second kappa shape index (κ2) is 6.53. The molecule has 0 heterocycles. The van der Waals surface area contributed by atoms with Crippen LogP contribution in [0.25, 0.3) is 0 Å². The van der Waals surface area contributed by atoms with Gasteiger partial charge in [-0.25, -0.2) is 26.7 Å². The van der Waals surface area contributed by atoms with E-state index in [4.69, 9.17) is 0 Å². The van der Waals surface area contributed by atoms with Crippen molar-refractivity contribution in [2.45, 2.75) is 24.1 Å². The van der Waals surface area contributed by atoms with Crippen LogP contribution in [0.2, 0.25) is 0 Å². The zero-order valence-corrected chi connectivity index (χ0v) is 12.7. The maximum absolute atomic E-state index is 13.6. The first-order valence-electron chi connectivity index (χ1n) is 5.87. The molecule has 0 aliphatic heterocycles. The van der Waals surface area contributed by atoms with Crippen molar-refractivity contribution in [1.29, 1.82) is 0 Å². The first-order chi connectivity index (χ1) is 10.0. The molecule has 1 atom stereocenters. The molecule has 1 N–H and O–H groups in total. The Morgan fingerprint density at radius 3 is 2.41 bits per heavy atom. The zero-order chi connectivity index (χ0) is 17.1. The molecule has 6 nitrogen and oxygen atoms in total. The zero-order valence-electron chi connectivity index (χ0n) is 11.9. The lowest BCUT2D eigenvalue weighted by Gasteiger charge is -2.22. The number of alkyl halides is 3. The van der Waals surface area contributed by atoms with Crippen molar-refractivity contribution < 1.29 is 35.9 Å². The van der Waals surface area contributed by atoms with Crippen LogP contribution in [-0.4, -0.2) is 40.8 Å². The summed E-state index contributed by atoms with van der Waals surface area (Å²) < 4.78 is 72.9. The standard InChI is InChI=1S/C12H14F3NO5S/c1-12(15,11(13)14)21-9-5-4-7(22(18,19)16-2)6-8(9)10(17)20-3/h4-6,11,16H,1-3H3. The molecule has 1 rings (SSSR count). The van der Waals surface area contributed by atoms with Gasteiger partial charge in [-0.2, -0.15) is 4.39 Å². The molecular weight excluding hydrogens is 327 g/mol. The molecule has 1 aromatic carbocycles. The molecule has 0 aliphatic rings. The summed E-state index contributed by atoms with van der Waals surface area (Å²) in [6.45, 7) is 0.483. The predicted octanol–water partition coefficient (Wildman–Crippen LogP) is 1.71. The van der Waals surface area contributed by atoms with E-state index in [2.05, 4.69) is 9.47 Å². The number of methoxy groups -OCH3 is 1. The van der Waals surface area contributed by atoms with E-state index >= 15 is 0 Å². The molecule has 0 aromatic heterocycles. The Bertz CT molecular complexity index is 661. The summed E-state index contributed by atoms with van der Waals surface area (Å²) in [5.74, 6) is -4.98. The van der Waals surface area contributed by atoms with Crippen LogP contribution in [0.4, 0.5) is 13.2 Å². The quantitative estimate of drug-likeness (QED) is 0.797. The number of halogens is 3. The van der Waals surface area contributed by atoms with Crippen LogP contribution in [0.3, 0.4) is 0 Å². The molecule has 0 bridgehead atoms. The van der Waals surface area contributed by atoms with Crippen LogP contribution < -0.4 is 9.46 Å². The van der Waals surface area contributed by atoms with Crippen LogP contribution in [0.5, 0.6) is 5.75 Å². The summed E-state index contributed by atoms with van der Waals surface area (Å²) >= 11 is 0. The number of carbonyl (C=O) groups excluding carboxylic acids is 1. The number of rotatable bonds is 6. The van der Waals surface area contributed by atoms with Gasteiger partial charge in [0, 0.05) is 6.92 Å². The molecule has 124 valence electrons. The topological polar surface area (TPSA) is 81.7 Å². The SMILES string of the molecule is CNS(=O)(=O)c1ccc(OC(C)(F)C(F)F)c(C(=O)OC)c1. The molecule has 0 aliphatic carbocycles. The Kier molecular flexibility index (Phi) is 5.41. The van der Waals surface area contributed by atoms with Gasteiger partial charge in [-0.05, 0) is 25.2 Å². The molecule has 0 saturated heterocycles. The van der Waals surface area contributed by atoms with Gasteiger partial charge in [0.2, 0.25) is 10.0 Å². The van der Waals surface area contributed by atoms with Crippen molar-refractivity contribution in [3.05, 3.63) is 23.8 Å². The Morgan fingerprint density at radius 1 is 1.36 bits per heavy atom. The van der Waals surface area contributed by atoms with E-state index in [1.165, 1.54) is 0 Å². The maximum atomic E-state index is 13.6. The van der Waals surface area contributed by atoms with Gasteiger partial charge in [-0.15, -0.1) is 0 Å². The lowest BCUT2D eigenvalue weighted by molar-refractivity contribution is -0.153. The van der Waals surface area contributed by atoms with E-state index in [0.29, 0.717) is 6.92 Å². The lowest BCUT2D eigenvalue weighted by atomic mass is 10.2. The molecular formula is C12H14F3NO5S. The highest BCUT2D eigenvalue weighted by Crippen LogP contribution is 2.30. The molecule has 1 aromatic rings. The summed E-state index contributed by atoms with van der Waals surface area (Å²) in [6.07, 6.45) is -3.47. The van der Waals surface area contributed by atoms with Gasteiger partial charge in [0.15, 0.2) is 0 Å². The summed E-state index contributed by atoms with van der Waals surface area (Å²) in [5, 5.41) is 0. The Morgan fingerprint density at radius 2 is 1.95 bits per heavy atom. The van der Waals surface area contributed by atoms with E-state index in [-0.39, 0.29) is 4.90 Å². The fourth-order valence-corrected chi connectivity index (χ4v) is 2.17. The van der Waals surface area contributed by atoms with Gasteiger partial charge >= 0.3 is 18.2 Å². The Labute approximate surface area is 125 Å². The number of esters is 1. The van der Waals surface area contributed by atoms with Gasteiger partial charge in [0.05, 0.1) is 12.0 Å². The lowest BCUT2D eigenvalue weighted by Crippen LogP contribution is -2.35. The number of hydrogen-bond acceptors (Lipinski definition) is 5. The smallest absolute Gasteiger partial charge is 0.341 e. The number of hydrogen-bond donors (Lipinski definition) is 1. The minimum Gasteiger partial charge on any atom is -0.465 e. The Balaban J connectivity index is 3.38. The molecule has 22 heavy (non-hydrogen) atoms. The van der Waals surface area contributed by atoms with Crippen molar-refractivity contribution in [2.75, 3.05) is 14.2 Å². The van der Waals surface area contributed by atoms with Gasteiger partial charge in [0.1, 0.15) is 11.3 Å². The summed E-state index contributed by atoms with van der Waals surface area (Å²) in [7, 11) is -1.76. The summed E-state index contributed by atoms with van der Waals surface area (Å²) in [4.78, 5) is 11.3. The van der Waals surface area contributed by atoms with Crippen molar-refractivity contribution in [1.82, 2.24) is 4.72 Å². The predicted molar refractivity (Wildman–Crippen MR) is 70.2 cm³/mol. The number of nitrogens with one attached hydrogen (secondary N) is 1. The minimum absolute atomic E-state index is 0.333. The number of ether oxygens (including phenoxy) is 2. The summed E-state index contributed by atoms with van der Waals surface area (Å²) in [5.41, 5.74) is -0.497. The third-order valence-corrected chi connectivity index (χ3v) is 4.05. The van der Waals surface area contributed by atoms with Crippen molar-refractivity contribution >= 4 is 16.0 Å². The molecule has 0 spiro atoms. The number of sulfonamides is 1. The largest absolute Gasteiger partial charge is 0.465 e. The third-order valence-electron chi connectivity index (χ3n) is 2.63. The van der Waals surface area contributed by atoms with Crippen LogP contribution >= 0.6 is 0 Å². The van der Waals surface area contributed by atoms with Gasteiger partial charge in [0.25, 0.3) is 0 Å². The molecule has 1 unspecified atom stereocenters. The molecule has 10 heteroatoms. The first kappa shape index (κ1) is 18.2. The van der Waals surface area contributed by atoms with E-state index in [1.807, 2.05) is 4.72 Å². The molecule has 0 saturated carbocycles. The van der Waals surface area contributed by atoms with Gasteiger partial charge < -0.3 is 9.47 Å². The van der Waals surface area contributed by atoms with Crippen LogP contribution in [0.15, 0.2) is 23.1 Å². The van der Waals surface area contributed by atoms with E-state index in [0.717, 1.165) is 32.4 Å². The number of benzene rings is 1. The van der Waals surface area contributed by atoms with Crippen molar-refractivity contribution in [3.8, 4) is 5.75 Å². The van der Waals surface area contributed by atoms with Crippen LogP contribution in [0, 0.1) is 0 Å². The molecule has 0 fully saturated rings. The van der Waals surface area contributed by atoms with E-state index in [1.54, 1.807) is 0 Å². The second-order valence-electron chi connectivity index (χ2n) is 4.25. The highest BCUT2D eigenvalue weighted by Gasteiger charge is 2.38. The number of carbonyl (C=O) groups is 1. The maximum Gasteiger partial charge on any atom is 0.341 e. The van der Waals surface area contributed by atoms with Gasteiger partial charge in [-0.3, -0.25) is 0 Å². The monoisotopic (exact) mass is 341 g/mol. The first-order valence-corrected chi connectivity index (χ1v) is 7.35. The second-order valence-corrected chi connectivity index (χ2v) is 6.13. The fourth-order valence-electron chi connectivity index (χ4n) is 1.41. The summed E-state index contributed by atoms with van der Waals surface area (Å²) in [6, 6.07) is 2.72. The third kappa shape index (κ3) is 3.89. The van der Waals surface area contributed by atoms with Crippen molar-refractivity contribution in [2.24, 2.45) is 0 Å². The van der Waals surface area contributed by atoms with Gasteiger partial charge in [-0.1, -0.05) is 0 Å². The highest BCUT2D eigenvalue weighted by atomic mass is 32.2. The fraction of sp³-hybridized carbons (Fsp3) is 0.417.